The van der Waals surface area contributed by atoms with Gasteiger partial charge in [-0.25, -0.2) is 9.59 Å². The Morgan fingerprint density at radius 3 is 2.60 bits per heavy atom. The highest BCUT2D eigenvalue weighted by Gasteiger charge is 2.25. The highest BCUT2D eigenvalue weighted by atomic mass is 16.6. The van der Waals surface area contributed by atoms with Crippen LogP contribution < -0.4 is 5.32 Å². The van der Waals surface area contributed by atoms with Gasteiger partial charge in [0.05, 0.1) is 0 Å². The van der Waals surface area contributed by atoms with Crippen LogP contribution in [-0.4, -0.2) is 29.7 Å². The maximum atomic E-state index is 13.0. The maximum Gasteiger partial charge on any atom is 0.408 e. The molecule has 2 atom stereocenters. The summed E-state index contributed by atoms with van der Waals surface area (Å²) in [7, 11) is 0. The van der Waals surface area contributed by atoms with E-state index in [1.807, 2.05) is 60.8 Å². The maximum absolute atomic E-state index is 13.0. The van der Waals surface area contributed by atoms with Crippen molar-refractivity contribution in [3.63, 3.8) is 0 Å². The second-order valence-electron chi connectivity index (χ2n) is 9.11. The fourth-order valence-electron chi connectivity index (χ4n) is 4.35. The molecule has 6 nitrogen and oxygen atoms in total. The van der Waals surface area contributed by atoms with Crippen molar-refractivity contribution in [2.75, 3.05) is 6.61 Å². The van der Waals surface area contributed by atoms with Gasteiger partial charge in [-0.15, -0.1) is 0 Å². The van der Waals surface area contributed by atoms with Crippen LogP contribution in [0.25, 0.3) is 10.9 Å². The Bertz CT molecular complexity index is 1210. The lowest BCUT2D eigenvalue weighted by atomic mass is 9.86. The van der Waals surface area contributed by atoms with E-state index < -0.39 is 18.1 Å². The minimum Gasteiger partial charge on any atom is -0.459 e. The number of para-hydroxylation sites is 1. The van der Waals surface area contributed by atoms with E-state index in [-0.39, 0.29) is 19.6 Å². The molecule has 3 aromatic rings. The van der Waals surface area contributed by atoms with Crippen LogP contribution in [0.4, 0.5) is 4.79 Å². The predicted octanol–water partition coefficient (Wildman–Crippen LogP) is 5.85. The molecule has 0 fully saturated rings. The number of carbonyl (C=O) groups excluding carboxylic acids is 2. The first-order chi connectivity index (χ1) is 17.0. The first-order valence-corrected chi connectivity index (χ1v) is 12.0. The van der Waals surface area contributed by atoms with Gasteiger partial charge in [-0.3, -0.25) is 0 Å². The monoisotopic (exact) mass is 472 g/mol. The number of amides is 1. The summed E-state index contributed by atoms with van der Waals surface area (Å²) < 4.78 is 11.0. The van der Waals surface area contributed by atoms with E-state index in [1.54, 1.807) is 0 Å². The third-order valence-corrected chi connectivity index (χ3v) is 6.49. The number of alkyl carbamates (subject to hydrolysis) is 1. The van der Waals surface area contributed by atoms with Crippen LogP contribution in [0.2, 0.25) is 0 Å². The molecule has 0 bridgehead atoms. The van der Waals surface area contributed by atoms with Gasteiger partial charge in [0.2, 0.25) is 0 Å². The van der Waals surface area contributed by atoms with Crippen LogP contribution in [0.15, 0.2) is 84.6 Å². The molecule has 1 heterocycles. The zero-order valence-electron chi connectivity index (χ0n) is 20.1. The Hall–Kier alpha value is -3.80. The normalized spacial score (nSPS) is 16.3. The average molecular weight is 473 g/mol. The van der Waals surface area contributed by atoms with Crippen LogP contribution in [0.5, 0.6) is 0 Å². The summed E-state index contributed by atoms with van der Waals surface area (Å²) in [6, 6.07) is 16.4. The Morgan fingerprint density at radius 2 is 1.86 bits per heavy atom. The number of esters is 1. The van der Waals surface area contributed by atoms with Crippen LogP contribution in [0, 0.1) is 5.92 Å². The second kappa shape index (κ2) is 11.6. The second-order valence-corrected chi connectivity index (χ2v) is 9.11. The molecule has 4 rings (SSSR count). The number of hydrogen-bond acceptors (Lipinski definition) is 4. The van der Waals surface area contributed by atoms with Crippen molar-refractivity contribution in [3.8, 4) is 0 Å². The summed E-state index contributed by atoms with van der Waals surface area (Å²) in [5.74, 6) is -0.00946. The summed E-state index contributed by atoms with van der Waals surface area (Å²) in [6.07, 6.45) is 6.46. The van der Waals surface area contributed by atoms with Gasteiger partial charge in [0.25, 0.3) is 0 Å². The van der Waals surface area contributed by atoms with Gasteiger partial charge in [-0.05, 0) is 54.9 Å². The summed E-state index contributed by atoms with van der Waals surface area (Å²) >= 11 is 0. The molecular weight excluding hydrogens is 440 g/mol. The number of aromatic amines is 1. The summed E-state index contributed by atoms with van der Waals surface area (Å²) in [4.78, 5) is 28.9. The van der Waals surface area contributed by atoms with Gasteiger partial charge >= 0.3 is 12.1 Å². The van der Waals surface area contributed by atoms with Crippen molar-refractivity contribution in [2.24, 2.45) is 5.92 Å². The summed E-state index contributed by atoms with van der Waals surface area (Å²) in [5.41, 5.74) is 5.05. The molecule has 0 aliphatic heterocycles. The van der Waals surface area contributed by atoms with Gasteiger partial charge in [-0.2, -0.15) is 0 Å². The number of hydrogen-bond donors (Lipinski definition) is 2. The molecule has 1 aliphatic rings. The number of carbonyl (C=O) groups is 2. The smallest absolute Gasteiger partial charge is 0.408 e. The molecule has 2 N–H and O–H groups in total. The van der Waals surface area contributed by atoms with Crippen LogP contribution >= 0.6 is 0 Å². The predicted molar refractivity (Wildman–Crippen MR) is 137 cm³/mol. The van der Waals surface area contributed by atoms with Gasteiger partial charge in [0.1, 0.15) is 19.3 Å². The van der Waals surface area contributed by atoms with Crippen molar-refractivity contribution in [1.82, 2.24) is 10.3 Å². The van der Waals surface area contributed by atoms with Crippen molar-refractivity contribution < 1.29 is 19.1 Å². The van der Waals surface area contributed by atoms with Gasteiger partial charge in [0.15, 0.2) is 0 Å². The molecule has 2 unspecified atom stereocenters. The highest BCUT2D eigenvalue weighted by Crippen LogP contribution is 2.28. The van der Waals surface area contributed by atoms with E-state index in [2.05, 4.69) is 29.9 Å². The molecule has 2 aromatic carbocycles. The lowest BCUT2D eigenvalue weighted by Crippen LogP contribution is -2.43. The number of H-pyrrole nitrogens is 1. The fraction of sp³-hybridized carbons (Fsp3) is 0.310. The highest BCUT2D eigenvalue weighted by molar-refractivity contribution is 5.86. The standard InChI is InChI=1S/C29H32N2O4/c1-20(2)23-14-12-22(13-15-23)19-35-29(33)31-27(28(32)34-18-21-8-4-3-5-9-21)16-24-17-30-26-11-7-6-10-25(24)26/h3-12,17,23,27,30H,1,13-16,18-19H2,2H3,(H,31,33). The molecule has 1 amide bonds. The number of rotatable bonds is 9. The van der Waals surface area contributed by atoms with E-state index >= 15 is 0 Å². The van der Waals surface area contributed by atoms with E-state index in [4.69, 9.17) is 9.47 Å². The molecule has 35 heavy (non-hydrogen) atoms. The first-order valence-electron chi connectivity index (χ1n) is 12.0. The van der Waals surface area contributed by atoms with E-state index in [1.165, 1.54) is 5.57 Å². The minimum atomic E-state index is -0.876. The third kappa shape index (κ3) is 6.63. The van der Waals surface area contributed by atoms with E-state index in [0.29, 0.717) is 5.92 Å². The minimum absolute atomic E-state index is 0.136. The molecule has 1 aliphatic carbocycles. The van der Waals surface area contributed by atoms with Gasteiger partial charge < -0.3 is 19.8 Å². The quantitative estimate of drug-likeness (QED) is 0.302. The molecule has 0 radical (unpaired) electrons. The van der Waals surface area contributed by atoms with E-state index in [9.17, 15) is 9.59 Å². The Kier molecular flexibility index (Phi) is 8.03. The fourth-order valence-corrected chi connectivity index (χ4v) is 4.35. The SMILES string of the molecule is C=C(C)C1CC=C(COC(=O)NC(Cc2c[nH]c3ccccc23)C(=O)OCc2ccccc2)CC1. The lowest BCUT2D eigenvalue weighted by Gasteiger charge is -2.22. The topological polar surface area (TPSA) is 80.4 Å². The van der Waals surface area contributed by atoms with Crippen LogP contribution in [-0.2, 0) is 27.3 Å². The number of ether oxygens (including phenoxy) is 2. The molecule has 182 valence electrons. The van der Waals surface area contributed by atoms with Crippen LogP contribution in [0.1, 0.15) is 37.3 Å². The zero-order valence-corrected chi connectivity index (χ0v) is 20.1. The Morgan fingerprint density at radius 1 is 1.09 bits per heavy atom. The van der Waals surface area contributed by atoms with Gasteiger partial charge in [-0.1, -0.05) is 66.8 Å². The molecule has 0 spiro atoms. The number of nitrogens with one attached hydrogen (secondary N) is 2. The molecule has 6 heteroatoms. The number of benzene rings is 2. The Balaban J connectivity index is 1.40. The summed E-state index contributed by atoms with van der Waals surface area (Å²) in [6.45, 7) is 6.45. The number of fused-ring (bicyclic) bond motifs is 1. The number of allylic oxidation sites excluding steroid dienone is 2. The van der Waals surface area contributed by atoms with Crippen molar-refractivity contribution in [3.05, 3.63) is 95.7 Å². The first kappa shape index (κ1) is 24.3. The van der Waals surface area contributed by atoms with E-state index in [0.717, 1.165) is 46.9 Å². The Labute approximate surface area is 206 Å². The van der Waals surface area contributed by atoms with Crippen molar-refractivity contribution >= 4 is 23.0 Å². The average Bonchev–Trinajstić information content (AvgIpc) is 3.29. The molecular formula is C29H32N2O4. The van der Waals surface area contributed by atoms with Crippen molar-refractivity contribution in [1.29, 1.82) is 0 Å². The van der Waals surface area contributed by atoms with Crippen molar-refractivity contribution in [2.45, 2.75) is 45.3 Å². The third-order valence-electron chi connectivity index (χ3n) is 6.49. The number of aromatic nitrogens is 1. The largest absolute Gasteiger partial charge is 0.459 e. The molecule has 0 saturated carbocycles. The summed E-state index contributed by atoms with van der Waals surface area (Å²) in [5, 5.41) is 3.73. The molecule has 0 saturated heterocycles. The molecule has 1 aromatic heterocycles. The van der Waals surface area contributed by atoms with Gasteiger partial charge in [0, 0.05) is 23.5 Å². The lowest BCUT2D eigenvalue weighted by molar-refractivity contribution is -0.147. The zero-order chi connectivity index (χ0) is 24.6. The van der Waals surface area contributed by atoms with Crippen LogP contribution in [0.3, 0.4) is 0 Å².